The number of hydrogen-bond donors (Lipinski definition) is 1. The number of carbonyl (C=O) groups excluding carboxylic acids is 1. The summed E-state index contributed by atoms with van der Waals surface area (Å²) in [6.45, 7) is 4.09. The summed E-state index contributed by atoms with van der Waals surface area (Å²) in [7, 11) is 1.72. The second-order valence-electron chi connectivity index (χ2n) is 5.01. The SMILES string of the molecule is CNC(=O)C(C)(C)N(C1CC1)C1CC1. The molecule has 0 atom stereocenters. The van der Waals surface area contributed by atoms with Gasteiger partial charge in [-0.25, -0.2) is 0 Å². The smallest absolute Gasteiger partial charge is 0.239 e. The van der Waals surface area contributed by atoms with Crippen molar-refractivity contribution in [2.45, 2.75) is 57.2 Å². The summed E-state index contributed by atoms with van der Waals surface area (Å²) in [4.78, 5) is 14.2. The summed E-state index contributed by atoms with van der Waals surface area (Å²) in [5, 5.41) is 2.77. The van der Waals surface area contributed by atoms with Gasteiger partial charge in [0, 0.05) is 19.1 Å². The van der Waals surface area contributed by atoms with Crippen LogP contribution in [0.2, 0.25) is 0 Å². The molecule has 0 aromatic heterocycles. The van der Waals surface area contributed by atoms with Gasteiger partial charge in [-0.15, -0.1) is 0 Å². The molecule has 2 rings (SSSR count). The quantitative estimate of drug-likeness (QED) is 0.731. The van der Waals surface area contributed by atoms with E-state index in [1.807, 2.05) is 13.8 Å². The van der Waals surface area contributed by atoms with Crippen LogP contribution in [-0.4, -0.2) is 35.5 Å². The van der Waals surface area contributed by atoms with Crippen LogP contribution in [0, 0.1) is 0 Å². The monoisotopic (exact) mass is 196 g/mol. The number of amides is 1. The molecule has 1 N–H and O–H groups in total. The molecule has 0 aromatic carbocycles. The highest BCUT2D eigenvalue weighted by molar-refractivity contribution is 5.85. The van der Waals surface area contributed by atoms with Gasteiger partial charge in [-0.3, -0.25) is 9.69 Å². The van der Waals surface area contributed by atoms with Crippen LogP contribution in [0.5, 0.6) is 0 Å². The van der Waals surface area contributed by atoms with Crippen LogP contribution in [0.1, 0.15) is 39.5 Å². The number of rotatable bonds is 4. The van der Waals surface area contributed by atoms with Crippen molar-refractivity contribution in [3.63, 3.8) is 0 Å². The summed E-state index contributed by atoms with van der Waals surface area (Å²) in [6.07, 6.45) is 5.10. The number of nitrogens with one attached hydrogen (secondary N) is 1. The number of likely N-dealkylation sites (N-methyl/N-ethyl adjacent to an activating group) is 1. The molecule has 2 aliphatic rings. The molecule has 0 saturated heterocycles. The van der Waals surface area contributed by atoms with E-state index < -0.39 is 0 Å². The molecule has 1 amide bonds. The fourth-order valence-corrected chi connectivity index (χ4v) is 2.34. The zero-order chi connectivity index (χ0) is 10.3. The summed E-state index contributed by atoms with van der Waals surface area (Å²) >= 11 is 0. The lowest BCUT2D eigenvalue weighted by atomic mass is 10.0. The maximum atomic E-state index is 11.8. The highest BCUT2D eigenvalue weighted by Gasteiger charge is 2.49. The van der Waals surface area contributed by atoms with Gasteiger partial charge < -0.3 is 5.32 Å². The van der Waals surface area contributed by atoms with Crippen molar-refractivity contribution in [1.29, 1.82) is 0 Å². The Morgan fingerprint density at radius 2 is 1.64 bits per heavy atom. The van der Waals surface area contributed by atoms with Gasteiger partial charge in [0.1, 0.15) is 0 Å². The van der Waals surface area contributed by atoms with Crippen LogP contribution >= 0.6 is 0 Å². The normalized spacial score (nSPS) is 22.6. The first kappa shape index (κ1) is 9.97. The predicted octanol–water partition coefficient (Wildman–Crippen LogP) is 1.14. The van der Waals surface area contributed by atoms with Crippen molar-refractivity contribution in [3.05, 3.63) is 0 Å². The highest BCUT2D eigenvalue weighted by atomic mass is 16.2. The highest BCUT2D eigenvalue weighted by Crippen LogP contribution is 2.42. The minimum atomic E-state index is -0.322. The van der Waals surface area contributed by atoms with Gasteiger partial charge in [-0.05, 0) is 39.5 Å². The van der Waals surface area contributed by atoms with Gasteiger partial charge in [0.2, 0.25) is 5.91 Å². The molecular formula is C11H20N2O. The molecule has 0 aliphatic heterocycles. The molecular weight excluding hydrogens is 176 g/mol. The Morgan fingerprint density at radius 1 is 1.21 bits per heavy atom. The number of carbonyl (C=O) groups is 1. The van der Waals surface area contributed by atoms with Gasteiger partial charge in [0.05, 0.1) is 5.54 Å². The molecule has 0 aromatic rings. The first-order chi connectivity index (χ1) is 6.57. The van der Waals surface area contributed by atoms with Crippen LogP contribution in [0.25, 0.3) is 0 Å². The fourth-order valence-electron chi connectivity index (χ4n) is 2.34. The van der Waals surface area contributed by atoms with Crippen molar-refractivity contribution >= 4 is 5.91 Å². The lowest BCUT2D eigenvalue weighted by molar-refractivity contribution is -0.132. The molecule has 2 saturated carbocycles. The second-order valence-corrected chi connectivity index (χ2v) is 5.01. The van der Waals surface area contributed by atoms with E-state index in [1.54, 1.807) is 7.05 Å². The van der Waals surface area contributed by atoms with E-state index in [-0.39, 0.29) is 11.4 Å². The zero-order valence-electron chi connectivity index (χ0n) is 9.34. The Labute approximate surface area is 85.8 Å². The molecule has 3 nitrogen and oxygen atoms in total. The van der Waals surface area contributed by atoms with E-state index in [4.69, 9.17) is 0 Å². The third-order valence-corrected chi connectivity index (χ3v) is 3.31. The predicted molar refractivity (Wildman–Crippen MR) is 56.0 cm³/mol. The Hall–Kier alpha value is -0.570. The lowest BCUT2D eigenvalue weighted by Gasteiger charge is -2.37. The Kier molecular flexibility index (Phi) is 2.30. The van der Waals surface area contributed by atoms with Gasteiger partial charge in [0.25, 0.3) is 0 Å². The molecule has 0 heterocycles. The molecule has 0 bridgehead atoms. The van der Waals surface area contributed by atoms with Crippen LogP contribution in [0.15, 0.2) is 0 Å². The van der Waals surface area contributed by atoms with Gasteiger partial charge >= 0.3 is 0 Å². The Morgan fingerprint density at radius 3 is 1.93 bits per heavy atom. The van der Waals surface area contributed by atoms with Crippen LogP contribution in [-0.2, 0) is 4.79 Å². The summed E-state index contributed by atoms with van der Waals surface area (Å²) in [5.74, 6) is 0.149. The first-order valence-electron chi connectivity index (χ1n) is 5.58. The molecule has 0 spiro atoms. The minimum Gasteiger partial charge on any atom is -0.358 e. The van der Waals surface area contributed by atoms with Gasteiger partial charge in [0.15, 0.2) is 0 Å². The summed E-state index contributed by atoms with van der Waals surface area (Å²) in [5.41, 5.74) is -0.322. The molecule has 3 heteroatoms. The average Bonchev–Trinajstić information content (AvgIpc) is 2.94. The maximum absolute atomic E-state index is 11.8. The van der Waals surface area contributed by atoms with Crippen LogP contribution < -0.4 is 5.32 Å². The minimum absolute atomic E-state index is 0.149. The molecule has 14 heavy (non-hydrogen) atoms. The van der Waals surface area contributed by atoms with Crippen molar-refractivity contribution in [3.8, 4) is 0 Å². The van der Waals surface area contributed by atoms with E-state index in [0.29, 0.717) is 12.1 Å². The fraction of sp³-hybridized carbons (Fsp3) is 0.909. The molecule has 2 fully saturated rings. The summed E-state index contributed by atoms with van der Waals surface area (Å²) in [6, 6.07) is 1.35. The first-order valence-corrected chi connectivity index (χ1v) is 5.58. The van der Waals surface area contributed by atoms with Crippen molar-refractivity contribution in [1.82, 2.24) is 10.2 Å². The van der Waals surface area contributed by atoms with E-state index in [0.717, 1.165) is 0 Å². The molecule has 80 valence electrons. The van der Waals surface area contributed by atoms with E-state index in [2.05, 4.69) is 10.2 Å². The largest absolute Gasteiger partial charge is 0.358 e. The molecule has 2 aliphatic carbocycles. The standard InChI is InChI=1S/C11H20N2O/c1-11(2,10(14)12-3)13(8-4-5-8)9-6-7-9/h8-9H,4-7H2,1-3H3,(H,12,14). The zero-order valence-corrected chi connectivity index (χ0v) is 9.34. The van der Waals surface area contributed by atoms with Crippen molar-refractivity contribution < 1.29 is 4.79 Å². The Balaban J connectivity index is 2.11. The molecule has 0 unspecified atom stereocenters. The lowest BCUT2D eigenvalue weighted by Crippen LogP contribution is -2.56. The number of nitrogens with zero attached hydrogens (tertiary/aromatic N) is 1. The average molecular weight is 196 g/mol. The van der Waals surface area contributed by atoms with Crippen LogP contribution in [0.4, 0.5) is 0 Å². The Bertz CT molecular complexity index is 230. The van der Waals surface area contributed by atoms with Crippen molar-refractivity contribution in [2.24, 2.45) is 0 Å². The summed E-state index contributed by atoms with van der Waals surface area (Å²) < 4.78 is 0. The van der Waals surface area contributed by atoms with Gasteiger partial charge in [-0.1, -0.05) is 0 Å². The van der Waals surface area contributed by atoms with E-state index in [9.17, 15) is 4.79 Å². The van der Waals surface area contributed by atoms with E-state index >= 15 is 0 Å². The van der Waals surface area contributed by atoms with Crippen LogP contribution in [0.3, 0.4) is 0 Å². The molecule has 0 radical (unpaired) electrons. The topological polar surface area (TPSA) is 32.3 Å². The van der Waals surface area contributed by atoms with Crippen molar-refractivity contribution in [2.75, 3.05) is 7.05 Å². The second kappa shape index (κ2) is 3.23. The third-order valence-electron chi connectivity index (χ3n) is 3.31. The third kappa shape index (κ3) is 1.65. The van der Waals surface area contributed by atoms with Gasteiger partial charge in [-0.2, -0.15) is 0 Å². The maximum Gasteiger partial charge on any atom is 0.239 e. The van der Waals surface area contributed by atoms with E-state index in [1.165, 1.54) is 25.7 Å². The number of hydrogen-bond acceptors (Lipinski definition) is 2.